The van der Waals surface area contributed by atoms with Crippen molar-refractivity contribution in [1.82, 2.24) is 14.9 Å². The third-order valence-corrected chi connectivity index (χ3v) is 8.00. The van der Waals surface area contributed by atoms with Gasteiger partial charge in [0.25, 0.3) is 0 Å². The molecule has 9 heteroatoms. The topological polar surface area (TPSA) is 67.7 Å². The molecule has 0 fully saturated rings. The van der Waals surface area contributed by atoms with Crippen LogP contribution in [0.3, 0.4) is 0 Å². The van der Waals surface area contributed by atoms with Gasteiger partial charge in [-0.1, -0.05) is 41.4 Å². The number of methoxy groups -OCH3 is 2. The summed E-state index contributed by atoms with van der Waals surface area (Å²) in [6.07, 6.45) is 2.12. The van der Waals surface area contributed by atoms with Gasteiger partial charge in [-0.05, 0) is 44.0 Å². The predicted molar refractivity (Wildman–Crippen MR) is 157 cm³/mol. The molecule has 2 aromatic heterocycles. The highest BCUT2D eigenvalue weighted by Crippen LogP contribution is 2.43. The van der Waals surface area contributed by atoms with Crippen LogP contribution in [0.25, 0.3) is 33.6 Å². The lowest BCUT2D eigenvalue weighted by Gasteiger charge is -2.31. The van der Waals surface area contributed by atoms with E-state index in [-0.39, 0.29) is 5.88 Å². The highest BCUT2D eigenvalue weighted by molar-refractivity contribution is 6.39. The van der Waals surface area contributed by atoms with E-state index in [1.54, 1.807) is 33.2 Å². The summed E-state index contributed by atoms with van der Waals surface area (Å²) < 4.78 is 25.6. The van der Waals surface area contributed by atoms with Crippen LogP contribution < -0.4 is 9.47 Å². The highest BCUT2D eigenvalue weighted by Gasteiger charge is 2.24. The molecule has 1 N–H and O–H groups in total. The molecular weight excluding hydrogens is 552 g/mol. The summed E-state index contributed by atoms with van der Waals surface area (Å²) in [4.78, 5) is 11.3. The SMILES string of the molecule is COc1cc(-c2nccc(-c3cccc(-c4cc(F)c(C)c(OC)n4)c3Cl)c2Cl)cc2c1CN(C[C@@H](C)O)CC2. The van der Waals surface area contributed by atoms with E-state index >= 15 is 0 Å². The minimum Gasteiger partial charge on any atom is -0.496 e. The van der Waals surface area contributed by atoms with Crippen molar-refractivity contribution in [3.05, 3.63) is 81.2 Å². The second kappa shape index (κ2) is 11.7. The van der Waals surface area contributed by atoms with Crippen LogP contribution in [0.1, 0.15) is 23.6 Å². The quantitative estimate of drug-likeness (QED) is 0.254. The number of aliphatic hydroxyl groups is 1. The molecule has 4 aromatic rings. The molecule has 1 atom stereocenters. The van der Waals surface area contributed by atoms with Crippen molar-refractivity contribution < 1.29 is 19.0 Å². The van der Waals surface area contributed by atoms with Gasteiger partial charge < -0.3 is 14.6 Å². The number of rotatable bonds is 7. The van der Waals surface area contributed by atoms with Crippen LogP contribution in [0, 0.1) is 12.7 Å². The van der Waals surface area contributed by atoms with Gasteiger partial charge >= 0.3 is 0 Å². The van der Waals surface area contributed by atoms with Gasteiger partial charge in [-0.2, -0.15) is 0 Å². The molecule has 6 nitrogen and oxygen atoms in total. The normalized spacial score (nSPS) is 14.1. The van der Waals surface area contributed by atoms with Gasteiger partial charge in [-0.15, -0.1) is 0 Å². The molecule has 0 amide bonds. The first-order valence-electron chi connectivity index (χ1n) is 13.0. The lowest BCUT2D eigenvalue weighted by Crippen LogP contribution is -2.35. The van der Waals surface area contributed by atoms with Crippen molar-refractivity contribution in [2.75, 3.05) is 27.3 Å². The monoisotopic (exact) mass is 581 g/mol. The van der Waals surface area contributed by atoms with Gasteiger partial charge in [-0.25, -0.2) is 9.37 Å². The molecule has 1 aliphatic rings. The number of β-amino-alcohol motifs (C(OH)–C–C–N with tert-alkyl or cyclic N) is 1. The summed E-state index contributed by atoms with van der Waals surface area (Å²) in [7, 11) is 3.11. The first kappa shape index (κ1) is 28.3. The minimum absolute atomic E-state index is 0.205. The van der Waals surface area contributed by atoms with Crippen molar-refractivity contribution >= 4 is 23.2 Å². The summed E-state index contributed by atoms with van der Waals surface area (Å²) in [5.41, 5.74) is 6.34. The standard InChI is InChI=1S/C31H30Cl2FN3O3/c1-17(38)15-37-11-9-19-12-20(13-27(39-3)24(19)16-37)30-29(33)22(8-10-35-30)21-6-5-7-23(28(21)32)26-14-25(34)18(2)31(36-26)40-4/h5-8,10,12-14,17,38H,9,11,15-16H2,1-4H3/t17-/m1/s1. The van der Waals surface area contributed by atoms with Crippen LogP contribution in [0.2, 0.25) is 10.0 Å². The molecule has 5 rings (SSSR count). The summed E-state index contributed by atoms with van der Waals surface area (Å²) in [5, 5.41) is 10.7. The van der Waals surface area contributed by atoms with Crippen LogP contribution in [0.5, 0.6) is 11.6 Å². The maximum atomic E-state index is 14.6. The summed E-state index contributed by atoms with van der Waals surface area (Å²) >= 11 is 13.9. The first-order chi connectivity index (χ1) is 19.2. The fourth-order valence-corrected chi connectivity index (χ4v) is 5.87. The lowest BCUT2D eigenvalue weighted by atomic mass is 9.93. The van der Waals surface area contributed by atoms with Gasteiger partial charge in [0.15, 0.2) is 0 Å². The fraction of sp³-hybridized carbons (Fsp3) is 0.290. The van der Waals surface area contributed by atoms with E-state index < -0.39 is 11.9 Å². The van der Waals surface area contributed by atoms with E-state index in [9.17, 15) is 9.50 Å². The third kappa shape index (κ3) is 5.39. The predicted octanol–water partition coefficient (Wildman–Crippen LogP) is 6.99. The van der Waals surface area contributed by atoms with Crippen LogP contribution in [0.4, 0.5) is 4.39 Å². The Bertz CT molecular complexity index is 1560. The molecule has 0 radical (unpaired) electrons. The molecule has 0 aliphatic carbocycles. The molecule has 40 heavy (non-hydrogen) atoms. The molecule has 0 saturated heterocycles. The Labute approximate surface area is 243 Å². The fourth-order valence-electron chi connectivity index (χ4n) is 5.22. The summed E-state index contributed by atoms with van der Waals surface area (Å²) in [6, 6.07) is 12.7. The number of pyridine rings is 2. The zero-order valence-corrected chi connectivity index (χ0v) is 24.3. The average molecular weight is 583 g/mol. The second-order valence-electron chi connectivity index (χ2n) is 9.96. The Morgan fingerprint density at radius 1 is 1.05 bits per heavy atom. The smallest absolute Gasteiger partial charge is 0.219 e. The van der Waals surface area contributed by atoms with Crippen molar-refractivity contribution in [3.63, 3.8) is 0 Å². The third-order valence-electron chi connectivity index (χ3n) is 7.21. The van der Waals surface area contributed by atoms with Crippen LogP contribution in [-0.4, -0.2) is 53.4 Å². The summed E-state index contributed by atoms with van der Waals surface area (Å²) in [5.74, 6) is 0.534. The van der Waals surface area contributed by atoms with E-state index in [0.717, 1.165) is 29.8 Å². The average Bonchev–Trinajstić information content (AvgIpc) is 2.94. The minimum atomic E-state index is -0.428. The van der Waals surface area contributed by atoms with Gasteiger partial charge in [0.05, 0.1) is 41.8 Å². The number of ether oxygens (including phenoxy) is 2. The van der Waals surface area contributed by atoms with E-state index in [2.05, 4.69) is 20.9 Å². The number of benzene rings is 2. The number of fused-ring (bicyclic) bond motifs is 1. The van der Waals surface area contributed by atoms with Gasteiger partial charge in [0.1, 0.15) is 11.6 Å². The number of aliphatic hydroxyl groups excluding tert-OH is 1. The Morgan fingerprint density at radius 2 is 1.80 bits per heavy atom. The zero-order chi connectivity index (χ0) is 28.6. The van der Waals surface area contributed by atoms with Crippen LogP contribution in [0.15, 0.2) is 48.7 Å². The molecule has 0 spiro atoms. The molecule has 0 bridgehead atoms. The number of hydrogen-bond donors (Lipinski definition) is 1. The van der Waals surface area contributed by atoms with E-state index in [1.165, 1.54) is 18.7 Å². The Kier molecular flexibility index (Phi) is 8.29. The molecular formula is C31H30Cl2FN3O3. The number of nitrogens with zero attached hydrogens (tertiary/aromatic N) is 3. The van der Waals surface area contributed by atoms with Crippen molar-refractivity contribution in [3.8, 4) is 45.3 Å². The van der Waals surface area contributed by atoms with E-state index in [0.29, 0.717) is 56.8 Å². The molecule has 3 heterocycles. The number of halogens is 3. The van der Waals surface area contributed by atoms with Gasteiger partial charge in [0, 0.05) is 65.3 Å². The highest BCUT2D eigenvalue weighted by atomic mass is 35.5. The van der Waals surface area contributed by atoms with Crippen molar-refractivity contribution in [2.24, 2.45) is 0 Å². The first-order valence-corrected chi connectivity index (χ1v) is 13.7. The second-order valence-corrected chi connectivity index (χ2v) is 10.7. The van der Waals surface area contributed by atoms with E-state index in [1.807, 2.05) is 24.3 Å². The molecule has 208 valence electrons. The largest absolute Gasteiger partial charge is 0.496 e. The Morgan fingerprint density at radius 3 is 2.52 bits per heavy atom. The number of aromatic nitrogens is 2. The van der Waals surface area contributed by atoms with Gasteiger partial charge in [0.2, 0.25) is 5.88 Å². The molecule has 0 unspecified atom stereocenters. The van der Waals surface area contributed by atoms with E-state index in [4.69, 9.17) is 32.7 Å². The Hall–Kier alpha value is -3.23. The lowest BCUT2D eigenvalue weighted by molar-refractivity contribution is 0.118. The Balaban J connectivity index is 1.56. The molecule has 2 aromatic carbocycles. The summed E-state index contributed by atoms with van der Waals surface area (Å²) in [6.45, 7) is 5.56. The number of hydrogen-bond acceptors (Lipinski definition) is 6. The molecule has 0 saturated carbocycles. The van der Waals surface area contributed by atoms with Gasteiger partial charge in [-0.3, -0.25) is 9.88 Å². The van der Waals surface area contributed by atoms with Crippen molar-refractivity contribution in [1.29, 1.82) is 0 Å². The maximum Gasteiger partial charge on any atom is 0.219 e. The van der Waals surface area contributed by atoms with Crippen molar-refractivity contribution in [2.45, 2.75) is 32.9 Å². The molecule has 1 aliphatic heterocycles. The zero-order valence-electron chi connectivity index (χ0n) is 22.8. The maximum absolute atomic E-state index is 14.6. The van der Waals surface area contributed by atoms with Crippen LogP contribution in [-0.2, 0) is 13.0 Å². The van der Waals surface area contributed by atoms with Crippen LogP contribution >= 0.6 is 23.2 Å².